The highest BCUT2D eigenvalue weighted by atomic mass is 16.1. The zero-order valence-corrected chi connectivity index (χ0v) is 9.76. The van der Waals surface area contributed by atoms with Gasteiger partial charge in [-0.1, -0.05) is 6.58 Å². The van der Waals surface area contributed by atoms with Gasteiger partial charge in [-0.25, -0.2) is 0 Å². The van der Waals surface area contributed by atoms with E-state index in [2.05, 4.69) is 44.6 Å². The summed E-state index contributed by atoms with van der Waals surface area (Å²) in [5.41, 5.74) is 0.197. The minimum atomic E-state index is -0.0941. The SMILES string of the molecule is C=CC(=O)NCCCN(C)C(C)(C)C. The fourth-order valence-electron chi connectivity index (χ4n) is 0.935. The first-order valence-corrected chi connectivity index (χ1v) is 4.99. The highest BCUT2D eigenvalue weighted by Gasteiger charge is 2.15. The molecule has 14 heavy (non-hydrogen) atoms. The van der Waals surface area contributed by atoms with Crippen molar-refractivity contribution in [3.63, 3.8) is 0 Å². The average Bonchev–Trinajstić information content (AvgIpc) is 2.09. The van der Waals surface area contributed by atoms with Gasteiger partial charge in [0.2, 0.25) is 5.91 Å². The van der Waals surface area contributed by atoms with Crippen LogP contribution in [-0.2, 0) is 4.79 Å². The average molecular weight is 198 g/mol. The lowest BCUT2D eigenvalue weighted by atomic mass is 10.1. The van der Waals surface area contributed by atoms with E-state index in [0.717, 1.165) is 13.0 Å². The van der Waals surface area contributed by atoms with Crippen LogP contribution < -0.4 is 5.32 Å². The lowest BCUT2D eigenvalue weighted by molar-refractivity contribution is -0.116. The van der Waals surface area contributed by atoms with Gasteiger partial charge in [0.25, 0.3) is 0 Å². The largest absolute Gasteiger partial charge is 0.353 e. The van der Waals surface area contributed by atoms with Crippen molar-refractivity contribution in [2.45, 2.75) is 32.7 Å². The van der Waals surface area contributed by atoms with Crippen molar-refractivity contribution in [1.29, 1.82) is 0 Å². The van der Waals surface area contributed by atoms with Crippen molar-refractivity contribution in [1.82, 2.24) is 10.2 Å². The summed E-state index contributed by atoms with van der Waals surface area (Å²) in [5.74, 6) is -0.0941. The third-order valence-corrected chi connectivity index (χ3v) is 2.30. The molecule has 0 aliphatic carbocycles. The van der Waals surface area contributed by atoms with Gasteiger partial charge in [-0.2, -0.15) is 0 Å². The van der Waals surface area contributed by atoms with Crippen LogP contribution in [0.3, 0.4) is 0 Å². The maximum absolute atomic E-state index is 10.8. The highest BCUT2D eigenvalue weighted by Crippen LogP contribution is 2.09. The summed E-state index contributed by atoms with van der Waals surface area (Å²) < 4.78 is 0. The van der Waals surface area contributed by atoms with E-state index >= 15 is 0 Å². The van der Waals surface area contributed by atoms with Crippen LogP contribution in [0.2, 0.25) is 0 Å². The molecule has 1 N–H and O–H groups in total. The van der Waals surface area contributed by atoms with Crippen LogP contribution in [0.25, 0.3) is 0 Å². The lowest BCUT2D eigenvalue weighted by Crippen LogP contribution is -2.39. The summed E-state index contributed by atoms with van der Waals surface area (Å²) >= 11 is 0. The predicted octanol–water partition coefficient (Wildman–Crippen LogP) is 1.41. The summed E-state index contributed by atoms with van der Waals surface area (Å²) in [6.45, 7) is 11.6. The van der Waals surface area contributed by atoms with E-state index in [0.29, 0.717) is 6.54 Å². The molecule has 0 aliphatic heterocycles. The molecule has 0 atom stereocenters. The first-order chi connectivity index (χ1) is 6.38. The molecule has 0 bridgehead atoms. The Labute approximate surface area is 87.2 Å². The summed E-state index contributed by atoms with van der Waals surface area (Å²) in [4.78, 5) is 13.1. The lowest BCUT2D eigenvalue weighted by Gasteiger charge is -2.31. The smallest absolute Gasteiger partial charge is 0.243 e. The first-order valence-electron chi connectivity index (χ1n) is 4.99. The second-order valence-electron chi connectivity index (χ2n) is 4.44. The van der Waals surface area contributed by atoms with E-state index in [9.17, 15) is 4.79 Å². The number of rotatable bonds is 5. The molecule has 3 nitrogen and oxygen atoms in total. The Morgan fingerprint density at radius 1 is 1.50 bits per heavy atom. The molecule has 0 aromatic heterocycles. The van der Waals surface area contributed by atoms with Gasteiger partial charge < -0.3 is 10.2 Å². The Hall–Kier alpha value is -0.830. The van der Waals surface area contributed by atoms with Crippen molar-refractivity contribution in [3.8, 4) is 0 Å². The molecule has 0 aromatic rings. The molecule has 0 aromatic carbocycles. The molecular weight excluding hydrogens is 176 g/mol. The molecule has 0 spiro atoms. The molecule has 0 rings (SSSR count). The van der Waals surface area contributed by atoms with E-state index in [1.165, 1.54) is 6.08 Å². The number of hydrogen-bond acceptors (Lipinski definition) is 2. The Kier molecular flexibility index (Phi) is 5.46. The minimum Gasteiger partial charge on any atom is -0.353 e. The van der Waals surface area contributed by atoms with Crippen molar-refractivity contribution in [2.75, 3.05) is 20.1 Å². The van der Waals surface area contributed by atoms with E-state index < -0.39 is 0 Å². The molecule has 0 radical (unpaired) electrons. The second-order valence-corrected chi connectivity index (χ2v) is 4.44. The van der Waals surface area contributed by atoms with E-state index in [1.807, 2.05) is 0 Å². The van der Waals surface area contributed by atoms with Crippen molar-refractivity contribution in [2.24, 2.45) is 0 Å². The van der Waals surface area contributed by atoms with Crippen molar-refractivity contribution < 1.29 is 4.79 Å². The van der Waals surface area contributed by atoms with Gasteiger partial charge >= 0.3 is 0 Å². The number of nitrogens with one attached hydrogen (secondary N) is 1. The number of nitrogens with zero attached hydrogens (tertiary/aromatic N) is 1. The summed E-state index contributed by atoms with van der Waals surface area (Å²) in [5, 5.41) is 2.76. The number of carbonyl (C=O) groups is 1. The van der Waals surface area contributed by atoms with Crippen molar-refractivity contribution in [3.05, 3.63) is 12.7 Å². The zero-order chi connectivity index (χ0) is 11.2. The summed E-state index contributed by atoms with van der Waals surface area (Å²) in [6, 6.07) is 0. The Balaban J connectivity index is 3.55. The number of amides is 1. The van der Waals surface area contributed by atoms with Crippen LogP contribution in [0.5, 0.6) is 0 Å². The Morgan fingerprint density at radius 3 is 2.50 bits per heavy atom. The molecular formula is C11H22N2O. The minimum absolute atomic E-state index is 0.0941. The van der Waals surface area contributed by atoms with Gasteiger partial charge in [-0.3, -0.25) is 4.79 Å². The molecule has 0 aliphatic rings. The van der Waals surface area contributed by atoms with E-state index in [1.54, 1.807) is 0 Å². The van der Waals surface area contributed by atoms with Crippen LogP contribution >= 0.6 is 0 Å². The molecule has 0 saturated carbocycles. The topological polar surface area (TPSA) is 32.3 Å². The van der Waals surface area contributed by atoms with Crippen LogP contribution in [0.1, 0.15) is 27.2 Å². The quantitative estimate of drug-likeness (QED) is 0.535. The van der Waals surface area contributed by atoms with Crippen LogP contribution in [0.15, 0.2) is 12.7 Å². The van der Waals surface area contributed by atoms with E-state index in [4.69, 9.17) is 0 Å². The van der Waals surface area contributed by atoms with Gasteiger partial charge in [0, 0.05) is 18.6 Å². The molecule has 1 amide bonds. The predicted molar refractivity (Wildman–Crippen MR) is 60.2 cm³/mol. The third kappa shape index (κ3) is 5.75. The van der Waals surface area contributed by atoms with Gasteiger partial charge in [0.1, 0.15) is 0 Å². The van der Waals surface area contributed by atoms with E-state index in [-0.39, 0.29) is 11.4 Å². The second kappa shape index (κ2) is 5.81. The Bertz CT molecular complexity index is 194. The molecule has 0 fully saturated rings. The van der Waals surface area contributed by atoms with Gasteiger partial charge in [-0.15, -0.1) is 0 Å². The third-order valence-electron chi connectivity index (χ3n) is 2.30. The Morgan fingerprint density at radius 2 is 2.07 bits per heavy atom. The molecule has 0 unspecified atom stereocenters. The number of carbonyl (C=O) groups excluding carboxylic acids is 1. The fraction of sp³-hybridized carbons (Fsp3) is 0.727. The van der Waals surface area contributed by atoms with Crippen molar-refractivity contribution >= 4 is 5.91 Å². The maximum Gasteiger partial charge on any atom is 0.243 e. The fourth-order valence-corrected chi connectivity index (χ4v) is 0.935. The monoisotopic (exact) mass is 198 g/mol. The molecule has 0 heterocycles. The maximum atomic E-state index is 10.8. The van der Waals surface area contributed by atoms with Crippen LogP contribution in [0, 0.1) is 0 Å². The number of hydrogen-bond donors (Lipinski definition) is 1. The van der Waals surface area contributed by atoms with Gasteiger partial charge in [0.05, 0.1) is 0 Å². The standard InChI is InChI=1S/C11H22N2O/c1-6-10(14)12-8-7-9-13(5)11(2,3)4/h6H,1,7-9H2,2-5H3,(H,12,14). The summed E-state index contributed by atoms with van der Waals surface area (Å²) in [7, 11) is 2.09. The van der Waals surface area contributed by atoms with Crippen LogP contribution in [-0.4, -0.2) is 36.5 Å². The summed E-state index contributed by atoms with van der Waals surface area (Å²) in [6.07, 6.45) is 2.26. The van der Waals surface area contributed by atoms with Gasteiger partial charge in [0.15, 0.2) is 0 Å². The zero-order valence-electron chi connectivity index (χ0n) is 9.76. The van der Waals surface area contributed by atoms with Gasteiger partial charge in [-0.05, 0) is 40.3 Å². The highest BCUT2D eigenvalue weighted by molar-refractivity contribution is 5.86. The first kappa shape index (κ1) is 13.2. The molecule has 0 saturated heterocycles. The molecule has 3 heteroatoms. The molecule has 82 valence electrons. The van der Waals surface area contributed by atoms with Crippen LogP contribution in [0.4, 0.5) is 0 Å². The normalized spacial score (nSPS) is 11.5.